The molecule has 0 atom stereocenters. The lowest BCUT2D eigenvalue weighted by atomic mass is 10.1. The lowest BCUT2D eigenvalue weighted by Crippen LogP contribution is -2.06. The van der Waals surface area contributed by atoms with Crippen LogP contribution in [-0.2, 0) is 18.6 Å². The number of alkyl halides is 4. The Morgan fingerprint density at radius 3 is 2.39 bits per heavy atom. The van der Waals surface area contributed by atoms with Crippen LogP contribution in [0.3, 0.4) is 0 Å². The molecule has 2 nitrogen and oxygen atoms in total. The zero-order valence-corrected chi connectivity index (χ0v) is 10.0. The van der Waals surface area contributed by atoms with E-state index < -0.39 is 11.7 Å². The third-order valence-corrected chi connectivity index (χ3v) is 2.79. The van der Waals surface area contributed by atoms with Crippen LogP contribution in [0.1, 0.15) is 17.0 Å². The maximum Gasteiger partial charge on any atom is 0.416 e. The standard InChI is InChI=1S/C12H10ClF3N2/c13-7-11-17-5-6-18(11)8-9-1-3-10(4-2-9)12(14,15)16/h1-6H,7-8H2. The fourth-order valence-electron chi connectivity index (χ4n) is 1.61. The Kier molecular flexibility index (Phi) is 3.61. The molecule has 2 aromatic rings. The molecule has 1 aromatic carbocycles. The van der Waals surface area contributed by atoms with E-state index in [2.05, 4.69) is 4.98 Å². The number of benzene rings is 1. The molecule has 0 aliphatic heterocycles. The van der Waals surface area contributed by atoms with E-state index in [1.54, 1.807) is 17.0 Å². The predicted molar refractivity (Wildman–Crippen MR) is 62.3 cm³/mol. The van der Waals surface area contributed by atoms with Crippen molar-refractivity contribution in [2.75, 3.05) is 0 Å². The van der Waals surface area contributed by atoms with Crippen LogP contribution < -0.4 is 0 Å². The first-order chi connectivity index (χ1) is 8.50. The van der Waals surface area contributed by atoms with E-state index in [0.717, 1.165) is 17.7 Å². The highest BCUT2D eigenvalue weighted by atomic mass is 35.5. The Morgan fingerprint density at radius 1 is 1.17 bits per heavy atom. The van der Waals surface area contributed by atoms with Crippen molar-refractivity contribution in [3.8, 4) is 0 Å². The van der Waals surface area contributed by atoms with Crippen molar-refractivity contribution in [3.05, 3.63) is 53.6 Å². The van der Waals surface area contributed by atoms with Gasteiger partial charge in [-0.25, -0.2) is 4.98 Å². The van der Waals surface area contributed by atoms with Gasteiger partial charge < -0.3 is 4.57 Å². The summed E-state index contributed by atoms with van der Waals surface area (Å²) in [6, 6.07) is 5.07. The van der Waals surface area contributed by atoms with Crippen molar-refractivity contribution in [1.82, 2.24) is 9.55 Å². The Bertz CT molecular complexity index is 517. The summed E-state index contributed by atoms with van der Waals surface area (Å²) >= 11 is 5.69. The molecule has 0 bridgehead atoms. The number of imidazole rings is 1. The van der Waals surface area contributed by atoms with Gasteiger partial charge in [0.25, 0.3) is 0 Å². The van der Waals surface area contributed by atoms with Crippen LogP contribution in [0, 0.1) is 0 Å². The second kappa shape index (κ2) is 5.02. The number of halogens is 4. The summed E-state index contributed by atoms with van der Waals surface area (Å²) in [6.07, 6.45) is -0.938. The number of hydrogen-bond acceptors (Lipinski definition) is 1. The average molecular weight is 275 g/mol. The van der Waals surface area contributed by atoms with Crippen LogP contribution in [-0.4, -0.2) is 9.55 Å². The van der Waals surface area contributed by atoms with E-state index in [1.807, 2.05) is 0 Å². The molecule has 0 spiro atoms. The summed E-state index contributed by atoms with van der Waals surface area (Å²) in [5.41, 5.74) is 0.127. The fraction of sp³-hybridized carbons (Fsp3) is 0.250. The van der Waals surface area contributed by atoms with Crippen LogP contribution in [0.25, 0.3) is 0 Å². The lowest BCUT2D eigenvalue weighted by molar-refractivity contribution is -0.137. The summed E-state index contributed by atoms with van der Waals surface area (Å²) in [5.74, 6) is 0.963. The van der Waals surface area contributed by atoms with Gasteiger partial charge in [0.2, 0.25) is 0 Å². The van der Waals surface area contributed by atoms with E-state index in [0.29, 0.717) is 12.4 Å². The van der Waals surface area contributed by atoms with Gasteiger partial charge in [-0.3, -0.25) is 0 Å². The topological polar surface area (TPSA) is 17.8 Å². The minimum absolute atomic E-state index is 0.271. The van der Waals surface area contributed by atoms with Gasteiger partial charge in [0.15, 0.2) is 0 Å². The second-order valence-corrected chi connectivity index (χ2v) is 4.07. The van der Waals surface area contributed by atoms with Crippen LogP contribution in [0.4, 0.5) is 13.2 Å². The number of rotatable bonds is 3. The summed E-state index contributed by atoms with van der Waals surface area (Å²) in [4.78, 5) is 4.04. The molecule has 1 heterocycles. The number of nitrogens with zero attached hydrogens (tertiary/aromatic N) is 2. The molecule has 0 saturated carbocycles. The highest BCUT2D eigenvalue weighted by Crippen LogP contribution is 2.29. The van der Waals surface area contributed by atoms with E-state index in [4.69, 9.17) is 11.6 Å². The first-order valence-electron chi connectivity index (χ1n) is 5.23. The molecule has 0 aliphatic carbocycles. The van der Waals surface area contributed by atoms with Gasteiger partial charge in [-0.05, 0) is 17.7 Å². The molecule has 0 amide bonds. The summed E-state index contributed by atoms with van der Waals surface area (Å²) in [5, 5.41) is 0. The maximum atomic E-state index is 12.4. The molecule has 96 valence electrons. The van der Waals surface area contributed by atoms with Gasteiger partial charge in [-0.1, -0.05) is 12.1 Å². The van der Waals surface area contributed by atoms with Crippen molar-refractivity contribution in [3.63, 3.8) is 0 Å². The Balaban J connectivity index is 2.16. The molecule has 18 heavy (non-hydrogen) atoms. The Labute approximate surface area is 107 Å². The lowest BCUT2D eigenvalue weighted by Gasteiger charge is -2.09. The second-order valence-electron chi connectivity index (χ2n) is 3.80. The van der Waals surface area contributed by atoms with Crippen molar-refractivity contribution < 1.29 is 13.2 Å². The third kappa shape index (κ3) is 2.85. The van der Waals surface area contributed by atoms with Crippen molar-refractivity contribution in [1.29, 1.82) is 0 Å². The molecule has 0 N–H and O–H groups in total. The first kappa shape index (κ1) is 13.0. The molecule has 0 unspecified atom stereocenters. The molecular weight excluding hydrogens is 265 g/mol. The zero-order chi connectivity index (χ0) is 13.2. The largest absolute Gasteiger partial charge is 0.416 e. The molecule has 1 aromatic heterocycles. The van der Waals surface area contributed by atoms with Gasteiger partial charge in [0.1, 0.15) is 5.82 Å². The van der Waals surface area contributed by atoms with Gasteiger partial charge >= 0.3 is 6.18 Å². The van der Waals surface area contributed by atoms with Crippen molar-refractivity contribution in [2.45, 2.75) is 18.6 Å². The maximum absolute atomic E-state index is 12.4. The zero-order valence-electron chi connectivity index (χ0n) is 9.28. The highest BCUT2D eigenvalue weighted by molar-refractivity contribution is 6.16. The van der Waals surface area contributed by atoms with Crippen molar-refractivity contribution in [2.24, 2.45) is 0 Å². The number of hydrogen-bond donors (Lipinski definition) is 0. The van der Waals surface area contributed by atoms with E-state index >= 15 is 0 Å². The smallest absolute Gasteiger partial charge is 0.330 e. The fourth-order valence-corrected chi connectivity index (χ4v) is 1.83. The monoisotopic (exact) mass is 274 g/mol. The SMILES string of the molecule is FC(F)(F)c1ccc(Cn2ccnc2CCl)cc1. The predicted octanol–water partition coefficient (Wildman–Crippen LogP) is 3.69. The van der Waals surface area contributed by atoms with Gasteiger partial charge in [-0.15, -0.1) is 11.6 Å². The Hall–Kier alpha value is -1.49. The molecule has 2 rings (SSSR count). The van der Waals surface area contributed by atoms with Crippen LogP contribution in [0.2, 0.25) is 0 Å². The van der Waals surface area contributed by atoms with Gasteiger partial charge in [-0.2, -0.15) is 13.2 Å². The minimum Gasteiger partial charge on any atom is -0.330 e. The van der Waals surface area contributed by atoms with E-state index in [9.17, 15) is 13.2 Å². The molecular formula is C12H10ClF3N2. The normalized spacial score (nSPS) is 11.8. The van der Waals surface area contributed by atoms with E-state index in [-0.39, 0.29) is 5.88 Å². The molecule has 0 saturated heterocycles. The van der Waals surface area contributed by atoms with Gasteiger partial charge in [0.05, 0.1) is 11.4 Å². The van der Waals surface area contributed by atoms with E-state index in [1.165, 1.54) is 12.1 Å². The molecule has 0 radical (unpaired) electrons. The van der Waals surface area contributed by atoms with Crippen LogP contribution in [0.5, 0.6) is 0 Å². The minimum atomic E-state index is -4.30. The Morgan fingerprint density at radius 2 is 1.83 bits per heavy atom. The first-order valence-corrected chi connectivity index (χ1v) is 5.76. The summed E-state index contributed by atoms with van der Waals surface area (Å²) < 4.78 is 38.9. The van der Waals surface area contributed by atoms with Crippen LogP contribution >= 0.6 is 11.6 Å². The quantitative estimate of drug-likeness (QED) is 0.781. The highest BCUT2D eigenvalue weighted by Gasteiger charge is 2.29. The van der Waals surface area contributed by atoms with Crippen LogP contribution in [0.15, 0.2) is 36.7 Å². The van der Waals surface area contributed by atoms with Gasteiger partial charge in [0, 0.05) is 18.9 Å². The molecule has 0 aliphatic rings. The molecule has 0 fully saturated rings. The summed E-state index contributed by atoms with van der Waals surface area (Å²) in [6.45, 7) is 0.459. The van der Waals surface area contributed by atoms with Crippen molar-refractivity contribution >= 4 is 11.6 Å². The summed E-state index contributed by atoms with van der Waals surface area (Å²) in [7, 11) is 0. The third-order valence-electron chi connectivity index (χ3n) is 2.56. The average Bonchev–Trinajstić information content (AvgIpc) is 2.76. The molecule has 6 heteroatoms. The number of aromatic nitrogens is 2.